The molecule has 0 spiro atoms. The largest absolute Gasteiger partial charge is 0.227 e. The summed E-state index contributed by atoms with van der Waals surface area (Å²) in [5.41, 5.74) is 0. The van der Waals surface area contributed by atoms with Crippen molar-refractivity contribution in [2.75, 3.05) is 12.3 Å². The topological polar surface area (TPSA) is 61.2 Å². The molecule has 10 heteroatoms. The first-order valence-corrected chi connectivity index (χ1v) is 8.52. The third-order valence-corrected chi connectivity index (χ3v) is 6.82. The second kappa shape index (κ2) is 8.05. The van der Waals surface area contributed by atoms with Crippen LogP contribution in [0, 0.1) is 11.3 Å². The highest BCUT2D eigenvalue weighted by atomic mass is 35.5. The van der Waals surface area contributed by atoms with Crippen molar-refractivity contribution < 1.29 is 8.42 Å². The molecule has 0 aliphatic carbocycles. The molecular weight excluding hydrogens is 362 g/mol. The lowest BCUT2D eigenvalue weighted by Crippen LogP contribution is -2.33. The molecule has 0 heterocycles. The van der Waals surface area contributed by atoms with Crippen LogP contribution in [0.4, 0.5) is 0 Å². The lowest BCUT2D eigenvalue weighted by Gasteiger charge is -2.26. The van der Waals surface area contributed by atoms with Crippen LogP contribution in [0.5, 0.6) is 0 Å². The summed E-state index contributed by atoms with van der Waals surface area (Å²) < 4.78 is 22.8. The first kappa shape index (κ1) is 18.7. The maximum atomic E-state index is 11.9. The predicted octanol–water partition coefficient (Wildman–Crippen LogP) is 3.30. The van der Waals surface area contributed by atoms with Crippen molar-refractivity contribution >= 4 is 68.4 Å². The maximum Gasteiger partial charge on any atom is 0.227 e. The van der Waals surface area contributed by atoms with Gasteiger partial charge in [-0.3, -0.25) is 0 Å². The molecule has 0 saturated carbocycles. The molecule has 0 N–H and O–H groups in total. The molecule has 0 rings (SSSR count). The van der Waals surface area contributed by atoms with Crippen LogP contribution in [0.1, 0.15) is 6.92 Å². The van der Waals surface area contributed by atoms with Gasteiger partial charge in [0, 0.05) is 0 Å². The summed E-state index contributed by atoms with van der Waals surface area (Å²) >= 11 is 23.1. The second-order valence-electron chi connectivity index (χ2n) is 2.92. The molecule has 0 aromatic rings. The molecule has 0 aromatic heterocycles. The van der Waals surface area contributed by atoms with E-state index in [-0.39, 0.29) is 5.75 Å². The van der Waals surface area contributed by atoms with Gasteiger partial charge in [-0.2, -0.15) is 5.26 Å². The monoisotopic (exact) mass is 370 g/mol. The molecule has 0 bridgehead atoms. The standard InChI is InChI=1S/C8H10Cl4N2O2S2/c1-2-3-6-18(15,16)14(5-4-13)17-8(11,12)7(9)10/h2-3,7H,5-6H2,1H3. The molecule has 0 unspecified atom stereocenters. The summed E-state index contributed by atoms with van der Waals surface area (Å²) in [5, 5.41) is 8.62. The van der Waals surface area contributed by atoms with Gasteiger partial charge in [0.15, 0.2) is 4.84 Å². The van der Waals surface area contributed by atoms with E-state index >= 15 is 0 Å². The highest BCUT2D eigenvalue weighted by molar-refractivity contribution is 8.11. The Bertz CT molecular complexity index is 431. The van der Waals surface area contributed by atoms with Gasteiger partial charge in [-0.25, -0.2) is 8.42 Å². The Morgan fingerprint density at radius 3 is 2.44 bits per heavy atom. The van der Waals surface area contributed by atoms with E-state index in [1.807, 2.05) is 0 Å². The molecule has 0 aliphatic rings. The third-order valence-electron chi connectivity index (χ3n) is 1.53. The van der Waals surface area contributed by atoms with E-state index in [4.69, 9.17) is 51.7 Å². The fraction of sp³-hybridized carbons (Fsp3) is 0.625. The van der Waals surface area contributed by atoms with E-state index in [1.165, 1.54) is 6.08 Å². The summed E-state index contributed by atoms with van der Waals surface area (Å²) in [5.74, 6) is -0.267. The Morgan fingerprint density at radius 1 is 1.50 bits per heavy atom. The van der Waals surface area contributed by atoms with Crippen LogP contribution >= 0.6 is 58.4 Å². The maximum absolute atomic E-state index is 11.9. The van der Waals surface area contributed by atoms with E-state index in [0.29, 0.717) is 11.9 Å². The van der Waals surface area contributed by atoms with Crippen molar-refractivity contribution in [3.63, 3.8) is 0 Å². The zero-order valence-electron chi connectivity index (χ0n) is 9.19. The summed E-state index contributed by atoms with van der Waals surface area (Å²) in [7, 11) is -3.71. The molecule has 104 valence electrons. The van der Waals surface area contributed by atoms with Gasteiger partial charge < -0.3 is 0 Å². The van der Waals surface area contributed by atoms with Crippen LogP contribution in [0.3, 0.4) is 0 Å². The van der Waals surface area contributed by atoms with Crippen LogP contribution in [0.2, 0.25) is 0 Å². The van der Waals surface area contributed by atoms with Gasteiger partial charge in [0.05, 0.1) is 11.8 Å². The number of hydrogen-bond acceptors (Lipinski definition) is 4. The van der Waals surface area contributed by atoms with Gasteiger partial charge in [0.25, 0.3) is 0 Å². The van der Waals surface area contributed by atoms with E-state index in [9.17, 15) is 8.42 Å². The molecule has 0 atom stereocenters. The molecule has 0 saturated heterocycles. The number of rotatable bonds is 7. The van der Waals surface area contributed by atoms with Crippen LogP contribution in [-0.4, -0.2) is 32.9 Å². The summed E-state index contributed by atoms with van der Waals surface area (Å²) in [4.78, 5) is -1.22. The van der Waals surface area contributed by atoms with E-state index in [0.717, 1.165) is 3.71 Å². The Kier molecular flexibility index (Phi) is 8.34. The van der Waals surface area contributed by atoms with Crippen molar-refractivity contribution in [3.05, 3.63) is 12.2 Å². The van der Waals surface area contributed by atoms with Crippen LogP contribution in [-0.2, 0) is 10.0 Å². The van der Waals surface area contributed by atoms with E-state index < -0.39 is 25.1 Å². The Balaban J connectivity index is 5.05. The summed E-state index contributed by atoms with van der Waals surface area (Å²) in [6, 6.07) is 1.71. The molecule has 4 nitrogen and oxygen atoms in total. The minimum absolute atomic E-state index is 0.267. The summed E-state index contributed by atoms with van der Waals surface area (Å²) in [6.45, 7) is 1.27. The molecule has 0 radical (unpaired) electrons. The lowest BCUT2D eigenvalue weighted by molar-refractivity contribution is 0.559. The van der Waals surface area contributed by atoms with Crippen molar-refractivity contribution in [1.82, 2.24) is 3.71 Å². The van der Waals surface area contributed by atoms with Gasteiger partial charge in [-0.15, -0.1) is 26.9 Å². The van der Waals surface area contributed by atoms with Crippen molar-refractivity contribution in [3.8, 4) is 6.07 Å². The zero-order chi connectivity index (χ0) is 14.4. The third kappa shape index (κ3) is 6.20. The molecule has 0 fully saturated rings. The number of hydrogen-bond donors (Lipinski definition) is 0. The van der Waals surface area contributed by atoms with Gasteiger partial charge in [-0.05, 0) is 18.9 Å². The second-order valence-corrected chi connectivity index (χ2v) is 9.29. The highest BCUT2D eigenvalue weighted by Crippen LogP contribution is 2.45. The van der Waals surface area contributed by atoms with Crippen molar-refractivity contribution in [1.29, 1.82) is 5.26 Å². The highest BCUT2D eigenvalue weighted by Gasteiger charge is 2.39. The summed E-state index contributed by atoms with van der Waals surface area (Å²) in [6.07, 6.45) is 3.01. The fourth-order valence-corrected chi connectivity index (χ4v) is 4.03. The zero-order valence-corrected chi connectivity index (χ0v) is 13.8. The van der Waals surface area contributed by atoms with Gasteiger partial charge in [0.2, 0.25) is 13.7 Å². The average Bonchev–Trinajstić information content (AvgIpc) is 2.25. The minimum Gasteiger partial charge on any atom is -0.211 e. The van der Waals surface area contributed by atoms with Crippen LogP contribution in [0.15, 0.2) is 12.2 Å². The molecular formula is C8H10Cl4N2O2S2. The Hall–Kier alpha value is 0.650. The first-order chi connectivity index (χ1) is 8.17. The number of allylic oxidation sites excluding steroid dienone is 1. The van der Waals surface area contributed by atoms with Crippen LogP contribution in [0.25, 0.3) is 0 Å². The van der Waals surface area contributed by atoms with Gasteiger partial charge in [0.1, 0.15) is 6.54 Å². The van der Waals surface area contributed by atoms with E-state index in [2.05, 4.69) is 0 Å². The lowest BCUT2D eigenvalue weighted by atomic mass is 10.6. The van der Waals surface area contributed by atoms with Gasteiger partial charge in [-0.1, -0.05) is 35.4 Å². The molecule has 0 aromatic carbocycles. The molecule has 18 heavy (non-hydrogen) atoms. The van der Waals surface area contributed by atoms with Crippen molar-refractivity contribution in [2.45, 2.75) is 15.4 Å². The normalized spacial score (nSPS) is 13.4. The quantitative estimate of drug-likeness (QED) is 0.298. The number of halogens is 4. The van der Waals surface area contributed by atoms with Crippen molar-refractivity contribution in [2.24, 2.45) is 0 Å². The van der Waals surface area contributed by atoms with Gasteiger partial charge >= 0.3 is 0 Å². The number of nitriles is 1. The average molecular weight is 372 g/mol. The Labute approximate surface area is 131 Å². The number of sulfonamides is 1. The van der Waals surface area contributed by atoms with E-state index in [1.54, 1.807) is 19.1 Å². The molecule has 0 aliphatic heterocycles. The molecule has 0 amide bonds. The number of alkyl halides is 4. The fourth-order valence-electron chi connectivity index (χ4n) is 0.722. The van der Waals surface area contributed by atoms with Crippen LogP contribution < -0.4 is 0 Å². The predicted molar refractivity (Wildman–Crippen MR) is 78.4 cm³/mol. The SMILES string of the molecule is CC=CCS(=O)(=O)N(CC#N)SC(Cl)(Cl)C(Cl)Cl. The smallest absolute Gasteiger partial charge is 0.211 e. The minimum atomic E-state index is -3.71. The Morgan fingerprint density at radius 2 is 2.06 bits per heavy atom. The number of nitrogens with zero attached hydrogens (tertiary/aromatic N) is 2. The first-order valence-electron chi connectivity index (χ1n) is 4.51.